The number of unbranched alkanes of at least 4 members (excludes halogenated alkanes) is 5. The van der Waals surface area contributed by atoms with E-state index in [1.54, 1.807) is 0 Å². The zero-order valence-corrected chi connectivity index (χ0v) is 27.8. The van der Waals surface area contributed by atoms with Crippen LogP contribution in [0.2, 0.25) is 0 Å². The van der Waals surface area contributed by atoms with E-state index in [0.717, 1.165) is 5.75 Å². The maximum absolute atomic E-state index is 4.83. The molecular weight excluding hydrogens is 577 g/mol. The van der Waals surface area contributed by atoms with Gasteiger partial charge in [0.05, 0.1) is 0 Å². The Balaban J connectivity index is 0.000000458. The first-order valence-corrected chi connectivity index (χ1v) is 18.4. The molecule has 3 rings (SSSR count). The fourth-order valence-electron chi connectivity index (χ4n) is 4.16. The molecule has 0 atom stereocenters. The van der Waals surface area contributed by atoms with Gasteiger partial charge in [-0.3, -0.25) is 0 Å². The summed E-state index contributed by atoms with van der Waals surface area (Å²) in [6.45, 7) is 2.24. The minimum absolute atomic E-state index is 0.951. The van der Waals surface area contributed by atoms with Crippen LogP contribution in [0.15, 0.2) is 72.8 Å². The quantitative estimate of drug-likeness (QED) is 0.154. The van der Waals surface area contributed by atoms with Crippen LogP contribution < -0.4 is 25.4 Å². The van der Waals surface area contributed by atoms with Crippen molar-refractivity contribution in [1.29, 1.82) is 0 Å². The van der Waals surface area contributed by atoms with Gasteiger partial charge in [-0.1, -0.05) is 45.4 Å². The molecule has 0 aromatic heterocycles. The molecule has 0 unspecified atom stereocenters. The summed E-state index contributed by atoms with van der Waals surface area (Å²) in [5.74, 6) is 0.951. The van der Waals surface area contributed by atoms with Gasteiger partial charge in [-0.25, -0.2) is 0 Å². The fraction of sp³-hybridized carbons (Fsp3) is 0.438. The van der Waals surface area contributed by atoms with Crippen molar-refractivity contribution in [1.82, 2.24) is 0 Å². The van der Waals surface area contributed by atoms with E-state index >= 15 is 0 Å². The van der Waals surface area contributed by atoms with Crippen LogP contribution in [0.5, 0.6) is 0 Å². The van der Waals surface area contributed by atoms with E-state index in [1.165, 1.54) is 66.3 Å². The van der Waals surface area contributed by atoms with Gasteiger partial charge in [0.1, 0.15) is 0 Å². The molecule has 3 aromatic rings. The van der Waals surface area contributed by atoms with Gasteiger partial charge in [-0.05, 0) is 0 Å². The molecule has 200 valence electrons. The first-order valence-electron chi connectivity index (χ1n) is 13.6. The molecule has 0 aliphatic carbocycles. The molecule has 0 saturated carbocycles. The molecule has 0 N–H and O–H groups in total. The molecule has 3 aromatic carbocycles. The second-order valence-electron chi connectivity index (χ2n) is 10.2. The first kappa shape index (κ1) is 31.4. The Hall–Kier alpha value is -1.79. The molecule has 5 heteroatoms. The van der Waals surface area contributed by atoms with Gasteiger partial charge in [0.25, 0.3) is 0 Å². The molecule has 0 aliphatic heterocycles. The van der Waals surface area contributed by atoms with Gasteiger partial charge in [-0.15, -0.1) is 0 Å². The van der Waals surface area contributed by atoms with Gasteiger partial charge in [-0.2, -0.15) is 5.75 Å². The van der Waals surface area contributed by atoms with Crippen LogP contribution in [0.25, 0.3) is 0 Å². The predicted octanol–water partition coefficient (Wildman–Crippen LogP) is 5.29. The Labute approximate surface area is 240 Å². The molecule has 37 heavy (non-hydrogen) atoms. The third kappa shape index (κ3) is 10.5. The average molecular weight is 625 g/mol. The third-order valence-corrected chi connectivity index (χ3v) is 14.6. The number of anilines is 3. The van der Waals surface area contributed by atoms with Crippen LogP contribution in [0, 0.1) is 0 Å². The number of hydrogen-bond donors (Lipinski definition) is 0. The molecule has 0 amide bonds. The fourth-order valence-corrected chi connectivity index (χ4v) is 11.5. The molecule has 0 spiro atoms. The zero-order chi connectivity index (χ0) is 27.2. The standard InChI is InChI=1S/3C8H10N.C8H18S.Sn/c3*1-9(2)8-6-4-3-5-7-8;1-2-3-4-5-6-7-8-9;/h3*4-7H,1-2H3;9H,2-8H2,1H3;/q;;;;+1/p-1. The van der Waals surface area contributed by atoms with Crippen molar-refractivity contribution >= 4 is 60.2 Å². The SMILES string of the molecule is CCCCCCCC[S-].CN(C)c1cc[c]([Sn+]([c]2ccc(N(C)C)cc2)[c]2ccc(N(C)C)cc2)cc1. The Morgan fingerprint density at radius 3 is 1.05 bits per heavy atom. The number of benzene rings is 3. The Kier molecular flexibility index (Phi) is 14.4. The van der Waals surface area contributed by atoms with Gasteiger partial charge < -0.3 is 12.6 Å². The average Bonchev–Trinajstić information content (AvgIpc) is 2.90. The van der Waals surface area contributed by atoms with Gasteiger partial charge >= 0.3 is 177 Å². The number of hydrogen-bond acceptors (Lipinski definition) is 4. The molecule has 0 fully saturated rings. The van der Waals surface area contributed by atoms with E-state index in [1.807, 2.05) is 0 Å². The predicted molar refractivity (Wildman–Crippen MR) is 173 cm³/mol. The van der Waals surface area contributed by atoms with Gasteiger partial charge in [0, 0.05) is 0 Å². The van der Waals surface area contributed by atoms with Crippen LogP contribution in [0.3, 0.4) is 0 Å². The van der Waals surface area contributed by atoms with Gasteiger partial charge in [0.15, 0.2) is 0 Å². The van der Waals surface area contributed by atoms with Crippen molar-refractivity contribution in [3.05, 3.63) is 72.8 Å². The van der Waals surface area contributed by atoms with Crippen LogP contribution in [0.4, 0.5) is 17.1 Å². The second kappa shape index (κ2) is 16.9. The van der Waals surface area contributed by atoms with E-state index in [9.17, 15) is 0 Å². The Bertz CT molecular complexity index is 871. The molecule has 0 heterocycles. The minimum atomic E-state index is -2.24. The summed E-state index contributed by atoms with van der Waals surface area (Å²) in [6, 6.07) is 27.5. The van der Waals surface area contributed by atoms with Crippen molar-refractivity contribution in [3.63, 3.8) is 0 Å². The normalized spacial score (nSPS) is 10.4. The summed E-state index contributed by atoms with van der Waals surface area (Å²) in [5.41, 5.74) is 3.74. The third-order valence-electron chi connectivity index (χ3n) is 6.52. The molecule has 0 saturated heterocycles. The van der Waals surface area contributed by atoms with Crippen molar-refractivity contribution in [2.24, 2.45) is 0 Å². The maximum atomic E-state index is 4.83. The second-order valence-corrected chi connectivity index (χ2v) is 17.7. The first-order chi connectivity index (χ1) is 17.8. The Morgan fingerprint density at radius 1 is 0.486 bits per heavy atom. The topological polar surface area (TPSA) is 9.72 Å². The van der Waals surface area contributed by atoms with Crippen LogP contribution in [-0.2, 0) is 12.6 Å². The monoisotopic (exact) mass is 625 g/mol. The van der Waals surface area contributed by atoms with E-state index in [-0.39, 0.29) is 0 Å². The summed E-state index contributed by atoms with van der Waals surface area (Å²) < 4.78 is 4.51. The van der Waals surface area contributed by atoms with Crippen LogP contribution >= 0.6 is 0 Å². The molecule has 0 radical (unpaired) electrons. The molecule has 0 aliphatic rings. The molecule has 3 nitrogen and oxygen atoms in total. The van der Waals surface area contributed by atoms with Gasteiger partial charge in [0.2, 0.25) is 0 Å². The molecule has 0 bridgehead atoms. The summed E-state index contributed by atoms with van der Waals surface area (Å²) >= 11 is 2.59. The van der Waals surface area contributed by atoms with Crippen LogP contribution in [0.1, 0.15) is 45.4 Å². The van der Waals surface area contributed by atoms with E-state index in [0.29, 0.717) is 0 Å². The van der Waals surface area contributed by atoms with Crippen molar-refractivity contribution < 1.29 is 0 Å². The van der Waals surface area contributed by atoms with Crippen molar-refractivity contribution in [3.8, 4) is 0 Å². The van der Waals surface area contributed by atoms with Crippen molar-refractivity contribution in [2.75, 3.05) is 62.7 Å². The molecular formula is C32H47N3SSn. The van der Waals surface area contributed by atoms with E-state index in [2.05, 4.69) is 137 Å². The zero-order valence-electron chi connectivity index (χ0n) is 24.1. The number of nitrogens with zero attached hydrogens (tertiary/aromatic N) is 3. The summed E-state index contributed by atoms with van der Waals surface area (Å²) in [5, 5.41) is 0. The summed E-state index contributed by atoms with van der Waals surface area (Å²) in [4.78, 5) is 6.47. The Morgan fingerprint density at radius 2 is 0.784 bits per heavy atom. The summed E-state index contributed by atoms with van der Waals surface area (Å²) in [7, 11) is 12.6. The number of rotatable bonds is 12. The van der Waals surface area contributed by atoms with E-state index < -0.39 is 19.8 Å². The van der Waals surface area contributed by atoms with Crippen LogP contribution in [-0.4, -0.2) is 67.8 Å². The summed E-state index contributed by atoms with van der Waals surface area (Å²) in [6.07, 6.45) is 8.14. The van der Waals surface area contributed by atoms with E-state index in [4.69, 9.17) is 12.6 Å². The van der Waals surface area contributed by atoms with Crippen molar-refractivity contribution in [2.45, 2.75) is 45.4 Å².